The van der Waals surface area contributed by atoms with E-state index in [2.05, 4.69) is 44.0 Å². The van der Waals surface area contributed by atoms with E-state index in [0.717, 1.165) is 28.2 Å². The molecule has 0 saturated carbocycles. The monoisotopic (exact) mass is 320 g/mol. The molecule has 0 aliphatic heterocycles. The molecule has 14 heavy (non-hydrogen) atoms. The molecule has 1 aromatic carbocycles. The van der Waals surface area contributed by atoms with Gasteiger partial charge in [0.15, 0.2) is 0 Å². The van der Waals surface area contributed by atoms with Gasteiger partial charge in [0.05, 0.1) is 0 Å². The zero-order chi connectivity index (χ0) is 10.4. The van der Waals surface area contributed by atoms with E-state index in [-0.39, 0.29) is 5.82 Å². The number of benzene rings is 1. The molecule has 0 saturated heterocycles. The highest BCUT2D eigenvalue weighted by atomic mass is 79.9. The molecular formula is C11H11Br2F. The van der Waals surface area contributed by atoms with Crippen LogP contribution in [-0.2, 0) is 6.42 Å². The van der Waals surface area contributed by atoms with Crippen LogP contribution in [0.2, 0.25) is 0 Å². The van der Waals surface area contributed by atoms with Gasteiger partial charge in [-0.05, 0) is 36.6 Å². The molecule has 0 heterocycles. The van der Waals surface area contributed by atoms with E-state index >= 15 is 0 Å². The lowest BCUT2D eigenvalue weighted by Crippen LogP contribution is -1.84. The molecule has 0 radical (unpaired) electrons. The fourth-order valence-corrected chi connectivity index (χ4v) is 1.91. The maximum Gasteiger partial charge on any atom is 0.124 e. The van der Waals surface area contributed by atoms with Gasteiger partial charge in [0.2, 0.25) is 0 Å². The lowest BCUT2D eigenvalue weighted by molar-refractivity contribution is 0.625. The standard InChI is InChI=1S/C11H11Br2F/c12-5-3-1-2-4-9-6-10(13)8-11(14)7-9/h1-2,6-8H,3-5H2. The van der Waals surface area contributed by atoms with Crippen molar-refractivity contribution in [2.75, 3.05) is 5.33 Å². The van der Waals surface area contributed by atoms with Crippen molar-refractivity contribution in [2.24, 2.45) is 0 Å². The maximum atomic E-state index is 12.9. The Morgan fingerprint density at radius 3 is 2.64 bits per heavy atom. The van der Waals surface area contributed by atoms with E-state index in [0.29, 0.717) is 0 Å². The van der Waals surface area contributed by atoms with E-state index in [1.165, 1.54) is 6.07 Å². The number of allylic oxidation sites excluding steroid dienone is 2. The Hall–Kier alpha value is -0.150. The van der Waals surface area contributed by atoms with Crippen molar-refractivity contribution < 1.29 is 4.39 Å². The number of hydrogen-bond donors (Lipinski definition) is 0. The average molecular weight is 322 g/mol. The van der Waals surface area contributed by atoms with E-state index in [1.807, 2.05) is 6.07 Å². The lowest BCUT2D eigenvalue weighted by atomic mass is 10.1. The molecule has 0 aliphatic rings. The minimum atomic E-state index is -0.191. The fourth-order valence-electron chi connectivity index (χ4n) is 1.13. The van der Waals surface area contributed by atoms with Crippen LogP contribution in [0.1, 0.15) is 12.0 Å². The van der Waals surface area contributed by atoms with Crippen LogP contribution in [0, 0.1) is 5.82 Å². The highest BCUT2D eigenvalue weighted by molar-refractivity contribution is 9.10. The van der Waals surface area contributed by atoms with E-state index < -0.39 is 0 Å². The zero-order valence-electron chi connectivity index (χ0n) is 7.64. The first-order valence-corrected chi connectivity index (χ1v) is 6.30. The van der Waals surface area contributed by atoms with Crippen LogP contribution in [-0.4, -0.2) is 5.33 Å². The smallest absolute Gasteiger partial charge is 0.124 e. The number of alkyl halides is 1. The van der Waals surface area contributed by atoms with Crippen molar-refractivity contribution in [1.29, 1.82) is 0 Å². The molecule has 1 aromatic rings. The Bertz CT molecular complexity index is 301. The second kappa shape index (κ2) is 6.36. The first-order chi connectivity index (χ1) is 6.72. The molecule has 3 heteroatoms. The van der Waals surface area contributed by atoms with Crippen molar-refractivity contribution >= 4 is 31.9 Å². The van der Waals surface area contributed by atoms with Gasteiger partial charge >= 0.3 is 0 Å². The third kappa shape index (κ3) is 4.38. The van der Waals surface area contributed by atoms with Gasteiger partial charge in [0, 0.05) is 9.80 Å². The molecule has 0 aromatic heterocycles. The summed E-state index contributed by atoms with van der Waals surface area (Å²) in [6, 6.07) is 4.95. The molecule has 0 atom stereocenters. The maximum absolute atomic E-state index is 12.9. The Morgan fingerprint density at radius 1 is 1.21 bits per heavy atom. The molecule has 0 amide bonds. The van der Waals surface area contributed by atoms with Crippen molar-refractivity contribution in [1.82, 2.24) is 0 Å². The summed E-state index contributed by atoms with van der Waals surface area (Å²) in [4.78, 5) is 0. The second-order valence-corrected chi connectivity index (χ2v) is 4.64. The number of hydrogen-bond acceptors (Lipinski definition) is 0. The Labute approximate surface area is 100 Å². The zero-order valence-corrected chi connectivity index (χ0v) is 10.8. The molecule has 0 fully saturated rings. The third-order valence-electron chi connectivity index (χ3n) is 1.72. The van der Waals surface area contributed by atoms with Crippen LogP contribution in [0.3, 0.4) is 0 Å². The normalized spacial score (nSPS) is 11.1. The van der Waals surface area contributed by atoms with Gasteiger partial charge in [0.25, 0.3) is 0 Å². The summed E-state index contributed by atoms with van der Waals surface area (Å²) in [5.74, 6) is -0.191. The average Bonchev–Trinajstić information content (AvgIpc) is 2.11. The second-order valence-electron chi connectivity index (χ2n) is 2.93. The van der Waals surface area contributed by atoms with Gasteiger partial charge in [-0.3, -0.25) is 0 Å². The first kappa shape index (κ1) is 11.9. The quantitative estimate of drug-likeness (QED) is 0.567. The minimum absolute atomic E-state index is 0.191. The summed E-state index contributed by atoms with van der Waals surface area (Å²) in [6.45, 7) is 0. The molecule has 1 rings (SSSR count). The summed E-state index contributed by atoms with van der Waals surface area (Å²) < 4.78 is 13.7. The van der Waals surface area contributed by atoms with Crippen molar-refractivity contribution in [3.63, 3.8) is 0 Å². The molecular weight excluding hydrogens is 311 g/mol. The van der Waals surface area contributed by atoms with E-state index in [1.54, 1.807) is 6.07 Å². The van der Waals surface area contributed by atoms with Gasteiger partial charge in [-0.25, -0.2) is 4.39 Å². The molecule has 76 valence electrons. The fraction of sp³-hybridized carbons (Fsp3) is 0.273. The molecule has 0 N–H and O–H groups in total. The van der Waals surface area contributed by atoms with Gasteiger partial charge in [0.1, 0.15) is 5.82 Å². The van der Waals surface area contributed by atoms with Crippen LogP contribution >= 0.6 is 31.9 Å². The van der Waals surface area contributed by atoms with Crippen molar-refractivity contribution in [2.45, 2.75) is 12.8 Å². The minimum Gasteiger partial charge on any atom is -0.207 e. The van der Waals surface area contributed by atoms with Gasteiger partial charge in [-0.1, -0.05) is 44.0 Å². The number of rotatable bonds is 4. The SMILES string of the molecule is Fc1cc(Br)cc(CC=CCCBr)c1. The summed E-state index contributed by atoms with van der Waals surface area (Å²) in [6.07, 6.45) is 5.94. The lowest BCUT2D eigenvalue weighted by Gasteiger charge is -1.98. The summed E-state index contributed by atoms with van der Waals surface area (Å²) >= 11 is 6.60. The van der Waals surface area contributed by atoms with E-state index in [9.17, 15) is 4.39 Å². The van der Waals surface area contributed by atoms with Gasteiger partial charge in [-0.2, -0.15) is 0 Å². The Kier molecular flexibility index (Phi) is 5.41. The molecule has 0 bridgehead atoms. The molecule has 0 spiro atoms. The van der Waals surface area contributed by atoms with Crippen LogP contribution < -0.4 is 0 Å². The Balaban J connectivity index is 2.58. The van der Waals surface area contributed by atoms with Crippen LogP contribution in [0.4, 0.5) is 4.39 Å². The summed E-state index contributed by atoms with van der Waals surface area (Å²) in [5.41, 5.74) is 0.989. The topological polar surface area (TPSA) is 0 Å². The molecule has 0 aliphatic carbocycles. The van der Waals surface area contributed by atoms with E-state index in [4.69, 9.17) is 0 Å². The van der Waals surface area contributed by atoms with Crippen LogP contribution in [0.5, 0.6) is 0 Å². The van der Waals surface area contributed by atoms with Gasteiger partial charge < -0.3 is 0 Å². The predicted molar refractivity (Wildman–Crippen MR) is 65.4 cm³/mol. The highest BCUT2D eigenvalue weighted by Crippen LogP contribution is 2.15. The first-order valence-electron chi connectivity index (χ1n) is 4.38. The Morgan fingerprint density at radius 2 is 2.00 bits per heavy atom. The predicted octanol–water partition coefficient (Wildman–Crippen LogP) is 4.47. The van der Waals surface area contributed by atoms with Crippen LogP contribution in [0.15, 0.2) is 34.8 Å². The summed E-state index contributed by atoms with van der Waals surface area (Å²) in [5, 5.41) is 0.969. The largest absolute Gasteiger partial charge is 0.207 e. The molecule has 0 unspecified atom stereocenters. The van der Waals surface area contributed by atoms with Crippen molar-refractivity contribution in [3.05, 3.63) is 46.2 Å². The summed E-state index contributed by atoms with van der Waals surface area (Å²) in [7, 11) is 0. The third-order valence-corrected chi connectivity index (χ3v) is 2.63. The highest BCUT2D eigenvalue weighted by Gasteiger charge is 1.96. The van der Waals surface area contributed by atoms with Gasteiger partial charge in [-0.15, -0.1) is 0 Å². The molecule has 0 nitrogen and oxygen atoms in total. The number of halogens is 3. The van der Waals surface area contributed by atoms with Crippen LogP contribution in [0.25, 0.3) is 0 Å². The van der Waals surface area contributed by atoms with Crippen molar-refractivity contribution in [3.8, 4) is 0 Å².